The molecule has 0 radical (unpaired) electrons. The maximum absolute atomic E-state index is 12.6. The number of rotatable bonds is 5. The van der Waals surface area contributed by atoms with Gasteiger partial charge in [0.1, 0.15) is 5.69 Å². The second kappa shape index (κ2) is 5.35. The normalized spacial score (nSPS) is 34.5. The molecule has 0 aromatic carbocycles. The lowest BCUT2D eigenvalue weighted by Crippen LogP contribution is -2.59. The standard InChI is InChI=1S/C17H23N3O3/c21-15(22)2-4-20-3-1-14(19-20)16(23)18-17-8-11-5-12(9-17)7-13(6-11)10-17/h1,3,11-13H,2,4-10H2,(H,18,23)(H,21,22). The van der Waals surface area contributed by atoms with Crippen molar-refractivity contribution >= 4 is 11.9 Å². The van der Waals surface area contributed by atoms with Crippen molar-refractivity contribution in [2.75, 3.05) is 0 Å². The summed E-state index contributed by atoms with van der Waals surface area (Å²) in [6, 6.07) is 1.68. The monoisotopic (exact) mass is 317 g/mol. The Morgan fingerprint density at radius 1 is 1.22 bits per heavy atom. The van der Waals surface area contributed by atoms with Crippen molar-refractivity contribution in [3.63, 3.8) is 0 Å². The summed E-state index contributed by atoms with van der Waals surface area (Å²) in [6.07, 6.45) is 9.07. The molecule has 0 saturated heterocycles. The summed E-state index contributed by atoms with van der Waals surface area (Å²) in [5.74, 6) is 1.39. The fraction of sp³-hybridized carbons (Fsp3) is 0.706. The lowest BCUT2D eigenvalue weighted by molar-refractivity contribution is -0.137. The highest BCUT2D eigenvalue weighted by Crippen LogP contribution is 2.55. The van der Waals surface area contributed by atoms with Crippen LogP contribution in [0.5, 0.6) is 0 Å². The number of aliphatic carboxylic acids is 1. The highest BCUT2D eigenvalue weighted by atomic mass is 16.4. The highest BCUT2D eigenvalue weighted by Gasteiger charge is 2.51. The smallest absolute Gasteiger partial charge is 0.305 e. The molecule has 4 aliphatic carbocycles. The Hall–Kier alpha value is -1.85. The summed E-state index contributed by atoms with van der Waals surface area (Å²) in [5.41, 5.74) is 0.377. The molecule has 1 amide bonds. The summed E-state index contributed by atoms with van der Waals surface area (Å²) >= 11 is 0. The quantitative estimate of drug-likeness (QED) is 0.870. The molecular weight excluding hydrogens is 294 g/mol. The van der Waals surface area contributed by atoms with Crippen LogP contribution in [0.2, 0.25) is 0 Å². The number of carbonyl (C=O) groups is 2. The zero-order valence-corrected chi connectivity index (χ0v) is 13.2. The third-order valence-corrected chi connectivity index (χ3v) is 5.85. The number of carbonyl (C=O) groups excluding carboxylic acids is 1. The maximum Gasteiger partial charge on any atom is 0.305 e. The van der Waals surface area contributed by atoms with E-state index in [1.165, 1.54) is 23.9 Å². The minimum Gasteiger partial charge on any atom is -0.481 e. The summed E-state index contributed by atoms with van der Waals surface area (Å²) in [5, 5.41) is 16.2. The van der Waals surface area contributed by atoms with Crippen molar-refractivity contribution in [3.05, 3.63) is 18.0 Å². The molecule has 4 bridgehead atoms. The van der Waals surface area contributed by atoms with Crippen LogP contribution in [0.3, 0.4) is 0 Å². The molecule has 0 atom stereocenters. The first-order valence-corrected chi connectivity index (χ1v) is 8.59. The van der Waals surface area contributed by atoms with Gasteiger partial charge >= 0.3 is 5.97 Å². The van der Waals surface area contributed by atoms with Gasteiger partial charge in [0.15, 0.2) is 0 Å². The van der Waals surface area contributed by atoms with Gasteiger partial charge in [-0.15, -0.1) is 0 Å². The molecule has 0 spiro atoms. The van der Waals surface area contributed by atoms with E-state index in [1.807, 2.05) is 0 Å². The Kier molecular flexibility index (Phi) is 3.43. The summed E-state index contributed by atoms with van der Waals surface area (Å²) in [6.45, 7) is 0.292. The Morgan fingerprint density at radius 2 is 1.83 bits per heavy atom. The number of aromatic nitrogens is 2. The number of carboxylic acid groups (broad SMARTS) is 1. The van der Waals surface area contributed by atoms with Gasteiger partial charge in [0, 0.05) is 11.7 Å². The summed E-state index contributed by atoms with van der Waals surface area (Å²) < 4.78 is 1.53. The van der Waals surface area contributed by atoms with Crippen LogP contribution in [0.15, 0.2) is 12.3 Å². The number of amides is 1. The molecule has 4 saturated carbocycles. The van der Waals surface area contributed by atoms with E-state index in [-0.39, 0.29) is 17.9 Å². The number of nitrogens with zero attached hydrogens (tertiary/aromatic N) is 2. The number of carboxylic acids is 1. The number of nitrogens with one attached hydrogen (secondary N) is 1. The van der Waals surface area contributed by atoms with Gasteiger partial charge in [-0.1, -0.05) is 0 Å². The number of hydrogen-bond acceptors (Lipinski definition) is 3. The van der Waals surface area contributed by atoms with Crippen molar-refractivity contribution in [2.45, 2.75) is 57.0 Å². The molecule has 2 N–H and O–H groups in total. The van der Waals surface area contributed by atoms with E-state index in [2.05, 4.69) is 10.4 Å². The van der Waals surface area contributed by atoms with E-state index in [4.69, 9.17) is 5.11 Å². The lowest BCUT2D eigenvalue weighted by atomic mass is 9.53. The lowest BCUT2D eigenvalue weighted by Gasteiger charge is -2.56. The summed E-state index contributed by atoms with van der Waals surface area (Å²) in [4.78, 5) is 23.2. The molecule has 0 aliphatic heterocycles. The molecular formula is C17H23N3O3. The fourth-order valence-electron chi connectivity index (χ4n) is 5.39. The Bertz CT molecular complexity index is 601. The summed E-state index contributed by atoms with van der Waals surface area (Å²) in [7, 11) is 0. The molecule has 4 fully saturated rings. The van der Waals surface area contributed by atoms with E-state index in [9.17, 15) is 9.59 Å². The van der Waals surface area contributed by atoms with Crippen LogP contribution in [-0.4, -0.2) is 32.3 Å². The van der Waals surface area contributed by atoms with E-state index in [0.29, 0.717) is 12.2 Å². The zero-order chi connectivity index (χ0) is 16.0. The molecule has 124 valence electrons. The molecule has 1 aromatic rings. The topological polar surface area (TPSA) is 84.2 Å². The van der Waals surface area contributed by atoms with Crippen LogP contribution in [0.4, 0.5) is 0 Å². The van der Waals surface area contributed by atoms with Crippen molar-refractivity contribution in [2.24, 2.45) is 17.8 Å². The van der Waals surface area contributed by atoms with Crippen molar-refractivity contribution in [1.29, 1.82) is 0 Å². The fourth-order valence-corrected chi connectivity index (χ4v) is 5.39. The molecule has 0 unspecified atom stereocenters. The Morgan fingerprint density at radius 3 is 2.39 bits per heavy atom. The number of hydrogen-bond donors (Lipinski definition) is 2. The average molecular weight is 317 g/mol. The first-order valence-electron chi connectivity index (χ1n) is 8.59. The van der Waals surface area contributed by atoms with Gasteiger partial charge in [-0.05, 0) is 62.3 Å². The minimum atomic E-state index is -0.861. The van der Waals surface area contributed by atoms with Gasteiger partial charge in [-0.25, -0.2) is 0 Å². The third-order valence-electron chi connectivity index (χ3n) is 5.85. The zero-order valence-electron chi connectivity index (χ0n) is 13.2. The van der Waals surface area contributed by atoms with Crippen LogP contribution in [-0.2, 0) is 11.3 Å². The molecule has 23 heavy (non-hydrogen) atoms. The molecule has 1 heterocycles. The van der Waals surface area contributed by atoms with Crippen LogP contribution < -0.4 is 5.32 Å². The van der Waals surface area contributed by atoms with Crippen molar-refractivity contribution in [3.8, 4) is 0 Å². The predicted octanol–water partition coefficient (Wildman–Crippen LogP) is 2.06. The van der Waals surface area contributed by atoms with Gasteiger partial charge in [0.2, 0.25) is 0 Å². The SMILES string of the molecule is O=C(O)CCn1ccc(C(=O)NC23CC4CC(CC(C4)C2)C3)n1. The second-order valence-corrected chi connectivity index (χ2v) is 7.76. The van der Waals surface area contributed by atoms with Crippen LogP contribution >= 0.6 is 0 Å². The molecule has 4 aliphatic rings. The average Bonchev–Trinajstić information content (AvgIpc) is 2.92. The van der Waals surface area contributed by atoms with Gasteiger partial charge in [-0.3, -0.25) is 14.3 Å². The van der Waals surface area contributed by atoms with E-state index >= 15 is 0 Å². The third kappa shape index (κ3) is 2.86. The maximum atomic E-state index is 12.6. The highest BCUT2D eigenvalue weighted by molar-refractivity contribution is 5.92. The molecule has 6 nitrogen and oxygen atoms in total. The van der Waals surface area contributed by atoms with E-state index in [0.717, 1.165) is 37.0 Å². The van der Waals surface area contributed by atoms with Gasteiger partial charge in [0.25, 0.3) is 5.91 Å². The molecule has 1 aromatic heterocycles. The first kappa shape index (κ1) is 14.7. The van der Waals surface area contributed by atoms with Crippen molar-refractivity contribution in [1.82, 2.24) is 15.1 Å². The van der Waals surface area contributed by atoms with Crippen LogP contribution in [0.1, 0.15) is 55.4 Å². The van der Waals surface area contributed by atoms with E-state index < -0.39 is 5.97 Å². The number of aryl methyl sites for hydroxylation is 1. The predicted molar refractivity (Wildman–Crippen MR) is 82.8 cm³/mol. The van der Waals surface area contributed by atoms with Gasteiger partial charge < -0.3 is 10.4 Å². The molecule has 5 rings (SSSR count). The van der Waals surface area contributed by atoms with E-state index in [1.54, 1.807) is 12.3 Å². The van der Waals surface area contributed by atoms with Gasteiger partial charge in [0.05, 0.1) is 13.0 Å². The Labute approximate surface area is 135 Å². The van der Waals surface area contributed by atoms with Gasteiger partial charge in [-0.2, -0.15) is 5.10 Å². The minimum absolute atomic E-state index is 0.0116. The van der Waals surface area contributed by atoms with Crippen LogP contribution in [0.25, 0.3) is 0 Å². The van der Waals surface area contributed by atoms with Crippen molar-refractivity contribution < 1.29 is 14.7 Å². The first-order chi connectivity index (χ1) is 11.0. The van der Waals surface area contributed by atoms with Crippen LogP contribution in [0, 0.1) is 17.8 Å². The largest absolute Gasteiger partial charge is 0.481 e. The molecule has 6 heteroatoms. The Balaban J connectivity index is 1.43. The second-order valence-electron chi connectivity index (χ2n) is 7.76.